The Balaban J connectivity index is 1.62. The molecule has 21 heavy (non-hydrogen) atoms. The van der Waals surface area contributed by atoms with Gasteiger partial charge in [0.25, 0.3) is 0 Å². The zero-order chi connectivity index (χ0) is 14.5. The number of anilines is 1. The van der Waals surface area contributed by atoms with Crippen LogP contribution in [-0.4, -0.2) is 38.1 Å². The Kier molecular flexibility index (Phi) is 4.91. The topological polar surface area (TPSA) is 18.5 Å². The van der Waals surface area contributed by atoms with E-state index in [1.807, 2.05) is 0 Å². The van der Waals surface area contributed by atoms with Crippen molar-refractivity contribution < 1.29 is 0 Å². The maximum Gasteiger partial charge on any atom is 0.0412 e. The first kappa shape index (κ1) is 14.6. The molecule has 0 radical (unpaired) electrons. The number of rotatable bonds is 5. The van der Waals surface area contributed by atoms with E-state index in [0.717, 1.165) is 39.3 Å². The predicted molar refractivity (Wildman–Crippen MR) is 91.0 cm³/mol. The second-order valence-electron chi connectivity index (χ2n) is 5.65. The lowest BCUT2D eigenvalue weighted by atomic mass is 10.1. The maximum atomic E-state index is 3.56. The van der Waals surface area contributed by atoms with Gasteiger partial charge in [-0.15, -0.1) is 0 Å². The van der Waals surface area contributed by atoms with Crippen molar-refractivity contribution in [2.45, 2.75) is 13.1 Å². The minimum absolute atomic E-state index is 0.929. The number of likely N-dealkylation sites (N-methyl/N-ethyl adjacent to an activating group) is 1. The number of hydrogen-bond donors (Lipinski definition) is 1. The van der Waals surface area contributed by atoms with Gasteiger partial charge in [0.05, 0.1) is 0 Å². The van der Waals surface area contributed by atoms with Crippen molar-refractivity contribution in [2.24, 2.45) is 0 Å². The fourth-order valence-corrected chi connectivity index (χ4v) is 3.42. The van der Waals surface area contributed by atoms with Crippen molar-refractivity contribution in [1.82, 2.24) is 10.2 Å². The van der Waals surface area contributed by atoms with Crippen LogP contribution in [0.15, 0.2) is 41.1 Å². The van der Waals surface area contributed by atoms with E-state index in [1.165, 1.54) is 16.8 Å². The molecule has 112 valence electrons. The van der Waals surface area contributed by atoms with Crippen LogP contribution in [0.3, 0.4) is 0 Å². The van der Waals surface area contributed by atoms with Gasteiger partial charge in [0, 0.05) is 45.0 Å². The van der Waals surface area contributed by atoms with E-state index in [9.17, 15) is 0 Å². The molecule has 3 nitrogen and oxygen atoms in total. The zero-order valence-electron chi connectivity index (χ0n) is 12.6. The number of nitrogens with zero attached hydrogens (tertiary/aromatic N) is 2. The van der Waals surface area contributed by atoms with Crippen LogP contribution in [0.1, 0.15) is 11.1 Å². The van der Waals surface area contributed by atoms with Crippen molar-refractivity contribution >= 4 is 17.0 Å². The van der Waals surface area contributed by atoms with E-state index in [0.29, 0.717) is 0 Å². The molecular weight excluding hydrogens is 278 g/mol. The summed E-state index contributed by atoms with van der Waals surface area (Å²) in [4.78, 5) is 4.91. The Morgan fingerprint density at radius 3 is 2.62 bits per heavy atom. The van der Waals surface area contributed by atoms with Crippen molar-refractivity contribution in [3.63, 3.8) is 0 Å². The Morgan fingerprint density at radius 1 is 1.05 bits per heavy atom. The van der Waals surface area contributed by atoms with Gasteiger partial charge in [0.15, 0.2) is 0 Å². The van der Waals surface area contributed by atoms with E-state index in [1.54, 1.807) is 11.3 Å². The molecule has 4 heteroatoms. The summed E-state index contributed by atoms with van der Waals surface area (Å²) in [5.74, 6) is 0. The molecule has 0 atom stereocenters. The molecule has 0 spiro atoms. The van der Waals surface area contributed by atoms with E-state index in [-0.39, 0.29) is 0 Å². The molecule has 0 saturated carbocycles. The number of para-hydroxylation sites is 1. The number of thiophene rings is 1. The Hall–Kier alpha value is -1.36. The third kappa shape index (κ3) is 3.84. The summed E-state index contributed by atoms with van der Waals surface area (Å²) in [5, 5.41) is 7.90. The van der Waals surface area contributed by atoms with Gasteiger partial charge < -0.3 is 15.1 Å². The molecular formula is C17H23N3S. The summed E-state index contributed by atoms with van der Waals surface area (Å²) in [6.45, 7) is 6.42. The summed E-state index contributed by atoms with van der Waals surface area (Å²) in [6, 6.07) is 11.0. The molecule has 1 aliphatic rings. The molecule has 2 aromatic rings. The summed E-state index contributed by atoms with van der Waals surface area (Å²) < 4.78 is 0. The summed E-state index contributed by atoms with van der Waals surface area (Å²) in [5.41, 5.74) is 4.16. The molecule has 0 bridgehead atoms. The molecule has 3 rings (SSSR count). The Labute approximate surface area is 131 Å². The SMILES string of the molecule is CN1CCN(c2ccccc2CNCc2ccsc2)CC1. The maximum absolute atomic E-state index is 3.56. The van der Waals surface area contributed by atoms with Gasteiger partial charge in [-0.3, -0.25) is 0 Å². The molecule has 0 unspecified atom stereocenters. The van der Waals surface area contributed by atoms with Gasteiger partial charge in [0.2, 0.25) is 0 Å². The molecule has 1 aromatic carbocycles. The molecule has 1 aliphatic heterocycles. The predicted octanol–water partition coefficient (Wildman–Crippen LogP) is 2.79. The number of benzene rings is 1. The smallest absolute Gasteiger partial charge is 0.0412 e. The average molecular weight is 301 g/mol. The average Bonchev–Trinajstić information content (AvgIpc) is 3.02. The van der Waals surface area contributed by atoms with Gasteiger partial charge in [-0.25, -0.2) is 0 Å². The van der Waals surface area contributed by atoms with E-state index < -0.39 is 0 Å². The quantitative estimate of drug-likeness (QED) is 0.916. The van der Waals surface area contributed by atoms with Gasteiger partial charge in [0.1, 0.15) is 0 Å². The fraction of sp³-hybridized carbons (Fsp3) is 0.412. The van der Waals surface area contributed by atoms with E-state index in [2.05, 4.69) is 63.3 Å². The summed E-state index contributed by atoms with van der Waals surface area (Å²) in [6.07, 6.45) is 0. The van der Waals surface area contributed by atoms with Crippen molar-refractivity contribution in [3.8, 4) is 0 Å². The lowest BCUT2D eigenvalue weighted by molar-refractivity contribution is 0.312. The van der Waals surface area contributed by atoms with Crippen LogP contribution in [0.2, 0.25) is 0 Å². The third-order valence-electron chi connectivity index (χ3n) is 4.06. The van der Waals surface area contributed by atoms with Crippen molar-refractivity contribution in [1.29, 1.82) is 0 Å². The highest BCUT2D eigenvalue weighted by Gasteiger charge is 2.16. The third-order valence-corrected chi connectivity index (χ3v) is 4.79. The van der Waals surface area contributed by atoms with Gasteiger partial charge in [-0.1, -0.05) is 18.2 Å². The van der Waals surface area contributed by atoms with Gasteiger partial charge in [-0.05, 0) is 41.1 Å². The Bertz CT molecular complexity index is 545. The largest absolute Gasteiger partial charge is 0.369 e. The van der Waals surface area contributed by atoms with Crippen LogP contribution < -0.4 is 10.2 Å². The second-order valence-corrected chi connectivity index (χ2v) is 6.43. The van der Waals surface area contributed by atoms with Crippen molar-refractivity contribution in [3.05, 3.63) is 52.2 Å². The molecule has 1 saturated heterocycles. The monoisotopic (exact) mass is 301 g/mol. The molecule has 1 fully saturated rings. The highest BCUT2D eigenvalue weighted by Crippen LogP contribution is 2.21. The minimum atomic E-state index is 0.929. The van der Waals surface area contributed by atoms with Crippen molar-refractivity contribution in [2.75, 3.05) is 38.1 Å². The number of hydrogen-bond acceptors (Lipinski definition) is 4. The van der Waals surface area contributed by atoms with Gasteiger partial charge >= 0.3 is 0 Å². The number of piperazine rings is 1. The first-order chi connectivity index (χ1) is 10.3. The highest BCUT2D eigenvalue weighted by molar-refractivity contribution is 7.07. The van der Waals surface area contributed by atoms with E-state index >= 15 is 0 Å². The Morgan fingerprint density at radius 2 is 1.86 bits per heavy atom. The first-order valence-corrected chi connectivity index (χ1v) is 8.50. The zero-order valence-corrected chi connectivity index (χ0v) is 13.4. The van der Waals surface area contributed by atoms with Crippen LogP contribution in [-0.2, 0) is 13.1 Å². The fourth-order valence-electron chi connectivity index (χ4n) is 2.75. The first-order valence-electron chi connectivity index (χ1n) is 7.56. The van der Waals surface area contributed by atoms with E-state index in [4.69, 9.17) is 0 Å². The standard InChI is InChI=1S/C17H23N3S/c1-19-7-9-20(10-8-19)17-5-3-2-4-16(17)13-18-12-15-6-11-21-14-15/h2-6,11,14,18H,7-10,12-13H2,1H3. The molecule has 1 aromatic heterocycles. The highest BCUT2D eigenvalue weighted by atomic mass is 32.1. The normalized spacial score (nSPS) is 16.3. The van der Waals surface area contributed by atoms with Gasteiger partial charge in [-0.2, -0.15) is 11.3 Å². The number of nitrogens with one attached hydrogen (secondary N) is 1. The lowest BCUT2D eigenvalue weighted by Crippen LogP contribution is -2.44. The van der Waals surface area contributed by atoms with Crippen LogP contribution in [0.25, 0.3) is 0 Å². The molecule has 0 amide bonds. The lowest BCUT2D eigenvalue weighted by Gasteiger charge is -2.35. The molecule has 1 N–H and O–H groups in total. The van der Waals surface area contributed by atoms with Crippen LogP contribution in [0.5, 0.6) is 0 Å². The van der Waals surface area contributed by atoms with Crippen LogP contribution in [0, 0.1) is 0 Å². The summed E-state index contributed by atoms with van der Waals surface area (Å²) in [7, 11) is 2.20. The van der Waals surface area contributed by atoms with Crippen LogP contribution in [0.4, 0.5) is 5.69 Å². The second kappa shape index (κ2) is 7.07. The molecule has 2 heterocycles. The van der Waals surface area contributed by atoms with Crippen LogP contribution >= 0.6 is 11.3 Å². The summed E-state index contributed by atoms with van der Waals surface area (Å²) >= 11 is 1.76. The minimum Gasteiger partial charge on any atom is -0.369 e. The molecule has 0 aliphatic carbocycles.